The molecule has 0 unspecified atom stereocenters. The highest BCUT2D eigenvalue weighted by Gasteiger charge is 2.32. The lowest BCUT2D eigenvalue weighted by Crippen LogP contribution is -3.19. The van der Waals surface area contributed by atoms with Crippen LogP contribution in [0.25, 0.3) is 0 Å². The van der Waals surface area contributed by atoms with Crippen molar-refractivity contribution in [2.24, 2.45) is 0 Å². The first kappa shape index (κ1) is 18.9. The fraction of sp³-hybridized carbons (Fsp3) is 0.611. The number of hydrogen-bond acceptors (Lipinski definition) is 4. The van der Waals surface area contributed by atoms with E-state index in [2.05, 4.69) is 5.32 Å². The zero-order valence-corrected chi connectivity index (χ0v) is 15.8. The Kier molecular flexibility index (Phi) is 5.98. The summed E-state index contributed by atoms with van der Waals surface area (Å²) < 4.78 is 0. The molecule has 2 aliphatic rings. The lowest BCUT2D eigenvalue weighted by molar-refractivity contribution is -0.914. The second-order valence-electron chi connectivity index (χ2n) is 7.25. The van der Waals surface area contributed by atoms with Crippen molar-refractivity contribution in [2.45, 2.75) is 44.7 Å². The van der Waals surface area contributed by atoms with Gasteiger partial charge in [-0.25, -0.2) is 0 Å². The number of carbonyl (C=O) groups excluding carboxylic acids is 1. The number of nitrogens with zero attached hydrogens (tertiary/aromatic N) is 2. The van der Waals surface area contributed by atoms with Gasteiger partial charge in [0.1, 0.15) is 5.69 Å². The summed E-state index contributed by atoms with van der Waals surface area (Å²) in [5.74, 6) is 0.123. The number of quaternary nitrogens is 1. The molecule has 142 valence electrons. The molecule has 1 saturated carbocycles. The Bertz CT molecular complexity index is 670. The summed E-state index contributed by atoms with van der Waals surface area (Å²) in [5, 5.41) is 14.8. The first-order chi connectivity index (χ1) is 12.5. The summed E-state index contributed by atoms with van der Waals surface area (Å²) in [6.07, 6.45) is 4.57. The molecule has 1 atom stereocenters. The smallest absolute Gasteiger partial charge is 0.294 e. The first-order valence-electron chi connectivity index (χ1n) is 9.29. The summed E-state index contributed by atoms with van der Waals surface area (Å²) in [4.78, 5) is 26.6. The van der Waals surface area contributed by atoms with Gasteiger partial charge in [0.15, 0.2) is 6.04 Å². The van der Waals surface area contributed by atoms with Crippen molar-refractivity contribution in [2.75, 3.05) is 31.1 Å². The molecule has 1 saturated heterocycles. The molecule has 2 N–H and O–H groups in total. The van der Waals surface area contributed by atoms with Crippen molar-refractivity contribution < 1.29 is 14.6 Å². The van der Waals surface area contributed by atoms with E-state index in [-0.39, 0.29) is 17.6 Å². The molecule has 1 aliphatic carbocycles. The van der Waals surface area contributed by atoms with Crippen LogP contribution in [0.3, 0.4) is 0 Å². The number of hydrogen-bond donors (Lipinski definition) is 2. The summed E-state index contributed by atoms with van der Waals surface area (Å²) >= 11 is 5.90. The molecule has 1 heterocycles. The minimum Gasteiger partial charge on any atom is -0.355 e. The zero-order chi connectivity index (χ0) is 18.7. The molecule has 26 heavy (non-hydrogen) atoms. The van der Waals surface area contributed by atoms with Gasteiger partial charge >= 0.3 is 0 Å². The molecular formula is C18H26ClN4O3+. The molecule has 1 aliphatic heterocycles. The van der Waals surface area contributed by atoms with E-state index in [1.54, 1.807) is 12.1 Å². The normalized spacial score (nSPS) is 20.2. The Morgan fingerprint density at radius 3 is 2.62 bits per heavy atom. The van der Waals surface area contributed by atoms with Gasteiger partial charge in [0.25, 0.3) is 11.6 Å². The van der Waals surface area contributed by atoms with E-state index in [1.807, 2.05) is 11.8 Å². The van der Waals surface area contributed by atoms with Crippen LogP contribution in [0.15, 0.2) is 18.2 Å². The van der Waals surface area contributed by atoms with Gasteiger partial charge in [-0.3, -0.25) is 14.9 Å². The molecule has 0 spiro atoms. The predicted octanol–water partition coefficient (Wildman–Crippen LogP) is 1.40. The topological polar surface area (TPSA) is 79.9 Å². The molecule has 8 heteroatoms. The maximum Gasteiger partial charge on any atom is 0.294 e. The Balaban J connectivity index is 1.58. The van der Waals surface area contributed by atoms with E-state index >= 15 is 0 Å². The SMILES string of the molecule is C[C@@H](C(=O)NC1CCCC1)[NH+]1CCN(c2ccc(Cl)cc2[N+](=O)[O-])CC1. The second kappa shape index (κ2) is 8.22. The summed E-state index contributed by atoms with van der Waals surface area (Å²) in [6, 6.07) is 5.02. The number of anilines is 1. The van der Waals surface area contributed by atoms with Gasteiger partial charge in [0, 0.05) is 17.1 Å². The van der Waals surface area contributed by atoms with Gasteiger partial charge in [-0.05, 0) is 31.9 Å². The average molecular weight is 382 g/mol. The van der Waals surface area contributed by atoms with Gasteiger partial charge in [0.05, 0.1) is 31.1 Å². The van der Waals surface area contributed by atoms with Crippen molar-refractivity contribution >= 4 is 28.9 Å². The van der Waals surface area contributed by atoms with Crippen molar-refractivity contribution in [3.8, 4) is 0 Å². The van der Waals surface area contributed by atoms with Crippen molar-refractivity contribution in [3.63, 3.8) is 0 Å². The number of nitrogens with one attached hydrogen (secondary N) is 2. The van der Waals surface area contributed by atoms with Crippen molar-refractivity contribution in [1.29, 1.82) is 0 Å². The number of halogens is 1. The third-order valence-electron chi connectivity index (χ3n) is 5.59. The highest BCUT2D eigenvalue weighted by Crippen LogP contribution is 2.30. The molecule has 3 rings (SSSR count). The zero-order valence-electron chi connectivity index (χ0n) is 15.0. The van der Waals surface area contributed by atoms with Crippen LogP contribution >= 0.6 is 11.6 Å². The highest BCUT2D eigenvalue weighted by atomic mass is 35.5. The summed E-state index contributed by atoms with van der Waals surface area (Å²) in [5.41, 5.74) is 0.634. The minimum atomic E-state index is -0.391. The monoisotopic (exact) mass is 381 g/mol. The molecule has 0 radical (unpaired) electrons. The number of piperazine rings is 1. The van der Waals surface area contributed by atoms with Crippen LogP contribution in [0.1, 0.15) is 32.6 Å². The minimum absolute atomic E-state index is 0.0352. The van der Waals surface area contributed by atoms with Crippen LogP contribution < -0.4 is 15.1 Å². The maximum atomic E-state index is 12.5. The quantitative estimate of drug-likeness (QED) is 0.597. The van der Waals surface area contributed by atoms with Crippen LogP contribution in [0.2, 0.25) is 5.02 Å². The molecule has 1 aromatic carbocycles. The summed E-state index contributed by atoms with van der Waals surface area (Å²) in [7, 11) is 0. The Morgan fingerprint density at radius 1 is 1.35 bits per heavy atom. The lowest BCUT2D eigenvalue weighted by Gasteiger charge is -2.36. The number of amides is 1. The van der Waals surface area contributed by atoms with Crippen LogP contribution in [0.4, 0.5) is 11.4 Å². The molecule has 0 bridgehead atoms. The second-order valence-corrected chi connectivity index (χ2v) is 7.68. The largest absolute Gasteiger partial charge is 0.355 e. The van der Waals surface area contributed by atoms with Crippen LogP contribution in [-0.4, -0.2) is 49.1 Å². The van der Waals surface area contributed by atoms with Crippen LogP contribution in [-0.2, 0) is 4.79 Å². The Labute approximate surface area is 158 Å². The average Bonchev–Trinajstić information content (AvgIpc) is 3.14. The number of rotatable bonds is 5. The predicted molar refractivity (Wildman–Crippen MR) is 101 cm³/mol. The Morgan fingerprint density at radius 2 is 2.00 bits per heavy atom. The fourth-order valence-corrected chi connectivity index (χ4v) is 4.13. The van der Waals surface area contributed by atoms with Crippen molar-refractivity contribution in [3.05, 3.63) is 33.3 Å². The molecule has 7 nitrogen and oxygen atoms in total. The molecule has 1 amide bonds. The van der Waals surface area contributed by atoms with Gasteiger partial charge in [0.2, 0.25) is 0 Å². The van der Waals surface area contributed by atoms with Gasteiger partial charge in [-0.1, -0.05) is 24.4 Å². The third-order valence-corrected chi connectivity index (χ3v) is 5.82. The molecule has 2 fully saturated rings. The van der Waals surface area contributed by atoms with E-state index in [0.717, 1.165) is 25.9 Å². The van der Waals surface area contributed by atoms with E-state index < -0.39 is 4.92 Å². The maximum absolute atomic E-state index is 12.5. The molecule has 1 aromatic rings. The molecule has 0 aromatic heterocycles. The van der Waals surface area contributed by atoms with Gasteiger partial charge in [-0.2, -0.15) is 0 Å². The Hall–Kier alpha value is -1.86. The lowest BCUT2D eigenvalue weighted by atomic mass is 10.1. The van der Waals surface area contributed by atoms with Gasteiger partial charge < -0.3 is 15.1 Å². The van der Waals surface area contributed by atoms with Crippen LogP contribution in [0.5, 0.6) is 0 Å². The number of nitro benzene ring substituents is 1. The number of benzene rings is 1. The molecular weight excluding hydrogens is 356 g/mol. The van der Waals surface area contributed by atoms with Gasteiger partial charge in [-0.15, -0.1) is 0 Å². The summed E-state index contributed by atoms with van der Waals surface area (Å²) in [6.45, 7) is 4.88. The van der Waals surface area contributed by atoms with Crippen LogP contribution in [0, 0.1) is 10.1 Å². The highest BCUT2D eigenvalue weighted by molar-refractivity contribution is 6.30. The van der Waals surface area contributed by atoms with E-state index in [1.165, 1.54) is 23.8 Å². The number of carbonyl (C=O) groups is 1. The van der Waals surface area contributed by atoms with E-state index in [9.17, 15) is 14.9 Å². The number of nitro groups is 1. The third kappa shape index (κ3) is 4.27. The van der Waals surface area contributed by atoms with E-state index in [4.69, 9.17) is 11.6 Å². The van der Waals surface area contributed by atoms with Crippen molar-refractivity contribution in [1.82, 2.24) is 5.32 Å². The fourth-order valence-electron chi connectivity index (χ4n) is 3.96. The standard InChI is InChI=1S/C18H25ClN4O3/c1-13(18(24)20-15-4-2-3-5-15)21-8-10-22(11-9-21)16-7-6-14(19)12-17(16)23(25)26/h6-7,12-13,15H,2-5,8-11H2,1H3,(H,20,24)/p+1/t13-/m0/s1. The van der Waals surface area contributed by atoms with E-state index in [0.29, 0.717) is 29.8 Å². The first-order valence-corrected chi connectivity index (χ1v) is 9.67.